The normalized spacial score (nSPS) is 22.5. The van der Waals surface area contributed by atoms with Gasteiger partial charge in [0.1, 0.15) is 12.6 Å². The van der Waals surface area contributed by atoms with Gasteiger partial charge in [-0.05, 0) is 30.5 Å². The molecule has 1 heterocycles. The molecule has 2 aliphatic rings. The molecule has 5 nitrogen and oxygen atoms in total. The summed E-state index contributed by atoms with van der Waals surface area (Å²) in [5, 5.41) is 3.01. The molecule has 1 amide bonds. The topological polar surface area (TPSA) is 76.7 Å². The number of anilines is 1. The summed E-state index contributed by atoms with van der Waals surface area (Å²) in [5.74, 6) is 0.319. The van der Waals surface area contributed by atoms with Crippen molar-refractivity contribution >= 4 is 17.6 Å². The number of nitrogens with zero attached hydrogens (tertiary/aromatic N) is 1. The number of aliphatic imine (C=N–C) groups is 1. The highest BCUT2D eigenvalue weighted by molar-refractivity contribution is 5.92. The summed E-state index contributed by atoms with van der Waals surface area (Å²) in [6, 6.07) is 7.97. The number of nitrogens with one attached hydrogen (secondary N) is 1. The van der Waals surface area contributed by atoms with Gasteiger partial charge in [0.15, 0.2) is 0 Å². The van der Waals surface area contributed by atoms with Crippen molar-refractivity contribution in [1.82, 2.24) is 0 Å². The quantitative estimate of drug-likeness (QED) is 0.897. The van der Waals surface area contributed by atoms with Crippen LogP contribution in [0.3, 0.4) is 0 Å². The number of carbonyl (C=O) groups is 1. The monoisotopic (exact) mass is 287 g/mol. The van der Waals surface area contributed by atoms with Crippen LogP contribution in [0.1, 0.15) is 43.7 Å². The van der Waals surface area contributed by atoms with Gasteiger partial charge in [-0.15, -0.1) is 0 Å². The van der Waals surface area contributed by atoms with Crippen LogP contribution in [-0.4, -0.2) is 18.5 Å². The third-order valence-corrected chi connectivity index (χ3v) is 4.21. The molecule has 3 rings (SSSR count). The zero-order valence-electron chi connectivity index (χ0n) is 12.0. The molecule has 1 saturated carbocycles. The van der Waals surface area contributed by atoms with E-state index in [0.717, 1.165) is 36.9 Å². The second-order valence-electron chi connectivity index (χ2n) is 5.74. The molecule has 1 fully saturated rings. The van der Waals surface area contributed by atoms with Crippen molar-refractivity contribution in [2.24, 2.45) is 16.6 Å². The lowest BCUT2D eigenvalue weighted by atomic mass is 9.88. The molecule has 0 unspecified atom stereocenters. The minimum Gasteiger partial charge on any atom is -0.463 e. The summed E-state index contributed by atoms with van der Waals surface area (Å²) in [6.07, 6.45) is 5.61. The van der Waals surface area contributed by atoms with Gasteiger partial charge in [-0.2, -0.15) is 0 Å². The summed E-state index contributed by atoms with van der Waals surface area (Å²) in [7, 11) is 0. The largest absolute Gasteiger partial charge is 0.463 e. The summed E-state index contributed by atoms with van der Waals surface area (Å²) in [5.41, 5.74) is 7.40. The minimum atomic E-state index is -0.0342. The number of hydrogen-bond donors (Lipinski definition) is 2. The Balaban J connectivity index is 1.60. The van der Waals surface area contributed by atoms with E-state index < -0.39 is 0 Å². The predicted octanol–water partition coefficient (Wildman–Crippen LogP) is 2.59. The Kier molecular flexibility index (Phi) is 4.08. The van der Waals surface area contributed by atoms with E-state index >= 15 is 0 Å². The fraction of sp³-hybridized carbons (Fsp3) is 0.500. The van der Waals surface area contributed by atoms with Gasteiger partial charge in [0, 0.05) is 11.6 Å². The van der Waals surface area contributed by atoms with Gasteiger partial charge >= 0.3 is 0 Å². The van der Waals surface area contributed by atoms with E-state index in [9.17, 15) is 4.79 Å². The number of amidine groups is 1. The van der Waals surface area contributed by atoms with Crippen molar-refractivity contribution in [3.05, 3.63) is 29.8 Å². The standard InChI is InChI=1S/C16H21N3O2/c17-16-19-14(10-21-16)11-6-8-13(9-7-11)18-15(20)12-4-2-1-3-5-12/h6-9,12,14H,1-5,10H2,(H2,17,19)(H,18,20)/t14-/m0/s1. The van der Waals surface area contributed by atoms with Gasteiger partial charge in [0.25, 0.3) is 6.02 Å². The highest BCUT2D eigenvalue weighted by atomic mass is 16.5. The van der Waals surface area contributed by atoms with E-state index in [1.54, 1.807) is 0 Å². The molecule has 0 aromatic heterocycles. The number of benzene rings is 1. The summed E-state index contributed by atoms with van der Waals surface area (Å²) in [4.78, 5) is 16.4. The van der Waals surface area contributed by atoms with Gasteiger partial charge in [-0.1, -0.05) is 31.4 Å². The van der Waals surface area contributed by atoms with Crippen LogP contribution in [0.25, 0.3) is 0 Å². The van der Waals surface area contributed by atoms with Gasteiger partial charge in [-0.3, -0.25) is 4.79 Å². The van der Waals surface area contributed by atoms with Crippen LogP contribution in [0.4, 0.5) is 5.69 Å². The van der Waals surface area contributed by atoms with E-state index in [2.05, 4.69) is 10.3 Å². The van der Waals surface area contributed by atoms with Gasteiger partial charge in [0.2, 0.25) is 5.91 Å². The first-order valence-corrected chi connectivity index (χ1v) is 7.59. The Morgan fingerprint density at radius 3 is 2.52 bits per heavy atom. The Labute approximate surface area is 124 Å². The summed E-state index contributed by atoms with van der Waals surface area (Å²) < 4.78 is 5.15. The van der Waals surface area contributed by atoms with E-state index in [1.165, 1.54) is 6.42 Å². The third kappa shape index (κ3) is 3.35. The van der Waals surface area contributed by atoms with Crippen LogP contribution in [0, 0.1) is 5.92 Å². The molecule has 21 heavy (non-hydrogen) atoms. The highest BCUT2D eigenvalue weighted by Gasteiger charge is 2.21. The lowest BCUT2D eigenvalue weighted by Crippen LogP contribution is -2.24. The molecule has 1 aliphatic carbocycles. The van der Waals surface area contributed by atoms with E-state index in [-0.39, 0.29) is 23.9 Å². The molecule has 1 atom stereocenters. The zero-order valence-corrected chi connectivity index (χ0v) is 12.0. The Morgan fingerprint density at radius 2 is 1.90 bits per heavy atom. The number of hydrogen-bond acceptors (Lipinski definition) is 4. The van der Waals surface area contributed by atoms with Crippen molar-refractivity contribution in [3.8, 4) is 0 Å². The van der Waals surface area contributed by atoms with Gasteiger partial charge in [-0.25, -0.2) is 4.99 Å². The molecular weight excluding hydrogens is 266 g/mol. The molecule has 1 aromatic rings. The average Bonchev–Trinajstić information content (AvgIpc) is 2.95. The minimum absolute atomic E-state index is 0.0342. The second kappa shape index (κ2) is 6.16. The van der Waals surface area contributed by atoms with Gasteiger partial charge in [0.05, 0.1) is 0 Å². The highest BCUT2D eigenvalue weighted by Crippen LogP contribution is 2.26. The Bertz CT molecular complexity index is 533. The molecule has 5 heteroatoms. The summed E-state index contributed by atoms with van der Waals surface area (Å²) in [6.45, 7) is 0.486. The van der Waals surface area contributed by atoms with Crippen molar-refractivity contribution < 1.29 is 9.53 Å². The molecule has 112 valence electrons. The molecule has 0 saturated heterocycles. The first-order valence-electron chi connectivity index (χ1n) is 7.59. The molecule has 1 aliphatic heterocycles. The van der Waals surface area contributed by atoms with Crippen LogP contribution in [0.15, 0.2) is 29.3 Å². The van der Waals surface area contributed by atoms with Crippen LogP contribution in [-0.2, 0) is 9.53 Å². The second-order valence-corrected chi connectivity index (χ2v) is 5.74. The van der Waals surface area contributed by atoms with Crippen LogP contribution < -0.4 is 11.1 Å². The van der Waals surface area contributed by atoms with E-state index in [1.807, 2.05) is 24.3 Å². The Morgan fingerprint density at radius 1 is 1.19 bits per heavy atom. The number of nitrogens with two attached hydrogens (primary N) is 1. The number of rotatable bonds is 3. The number of carbonyl (C=O) groups excluding carboxylic acids is 1. The van der Waals surface area contributed by atoms with Crippen LogP contribution in [0.5, 0.6) is 0 Å². The maximum absolute atomic E-state index is 12.2. The van der Waals surface area contributed by atoms with Gasteiger partial charge < -0.3 is 15.8 Å². The number of ether oxygens (including phenoxy) is 1. The first kappa shape index (κ1) is 13.9. The number of amides is 1. The fourth-order valence-electron chi connectivity index (χ4n) is 2.96. The van der Waals surface area contributed by atoms with E-state index in [0.29, 0.717) is 6.61 Å². The van der Waals surface area contributed by atoms with Crippen LogP contribution in [0.2, 0.25) is 0 Å². The maximum atomic E-state index is 12.2. The lowest BCUT2D eigenvalue weighted by Gasteiger charge is -2.20. The van der Waals surface area contributed by atoms with Crippen molar-refractivity contribution in [2.75, 3.05) is 11.9 Å². The molecule has 0 radical (unpaired) electrons. The smallest absolute Gasteiger partial charge is 0.282 e. The average molecular weight is 287 g/mol. The van der Waals surface area contributed by atoms with E-state index in [4.69, 9.17) is 10.5 Å². The summed E-state index contributed by atoms with van der Waals surface area (Å²) >= 11 is 0. The molecule has 3 N–H and O–H groups in total. The lowest BCUT2D eigenvalue weighted by molar-refractivity contribution is -0.120. The zero-order chi connectivity index (χ0) is 14.7. The fourth-order valence-corrected chi connectivity index (χ4v) is 2.96. The predicted molar refractivity (Wildman–Crippen MR) is 82.0 cm³/mol. The SMILES string of the molecule is NC1=N[C@H](c2ccc(NC(=O)C3CCCCC3)cc2)CO1. The van der Waals surface area contributed by atoms with Crippen molar-refractivity contribution in [2.45, 2.75) is 38.1 Å². The van der Waals surface area contributed by atoms with Crippen LogP contribution >= 0.6 is 0 Å². The molecule has 0 spiro atoms. The van der Waals surface area contributed by atoms with Crippen molar-refractivity contribution in [3.63, 3.8) is 0 Å². The molecular formula is C16H21N3O2. The maximum Gasteiger partial charge on any atom is 0.282 e. The third-order valence-electron chi connectivity index (χ3n) is 4.21. The van der Waals surface area contributed by atoms with Crippen molar-refractivity contribution in [1.29, 1.82) is 0 Å². The first-order chi connectivity index (χ1) is 10.2. The molecule has 0 bridgehead atoms. The Hall–Kier alpha value is -2.04. The molecule has 1 aromatic carbocycles.